The molecule has 0 aliphatic rings. The number of phosphoric ester groups is 1. The highest BCUT2D eigenvalue weighted by Crippen LogP contribution is 2.43. The smallest absolute Gasteiger partial charge is 0.462 e. The maximum atomic E-state index is 12.9. The van der Waals surface area contributed by atoms with Crippen molar-refractivity contribution >= 4 is 25.7 Å². The van der Waals surface area contributed by atoms with Gasteiger partial charge in [0, 0.05) is 12.8 Å². The van der Waals surface area contributed by atoms with Crippen molar-refractivity contribution in [3.63, 3.8) is 0 Å². The molecule has 74 heavy (non-hydrogen) atoms. The molecule has 0 aromatic carbocycles. The number of phosphoric acid groups is 1. The minimum absolute atomic E-state index is 0.0737. The van der Waals surface area contributed by atoms with Gasteiger partial charge >= 0.3 is 25.7 Å². The van der Waals surface area contributed by atoms with Gasteiger partial charge in [-0.3, -0.25) is 23.4 Å². The molecule has 0 rings (SSSR count). The Kier molecular flexibility index (Phi) is 52.1. The highest BCUT2D eigenvalue weighted by atomic mass is 31.2. The summed E-state index contributed by atoms with van der Waals surface area (Å²) in [7, 11) is -4.79. The van der Waals surface area contributed by atoms with E-state index in [0.717, 1.165) is 128 Å². The molecule has 3 atom stereocenters. The van der Waals surface area contributed by atoms with Crippen molar-refractivity contribution in [1.29, 1.82) is 0 Å². The Balaban J connectivity index is 4.86. The second-order valence-corrected chi connectivity index (χ2v) is 19.8. The summed E-state index contributed by atoms with van der Waals surface area (Å²) in [6.45, 7) is 4.24. The predicted molar refractivity (Wildman–Crippen MR) is 306 cm³/mol. The quantitative estimate of drug-likeness (QED) is 0.0197. The highest BCUT2D eigenvalue weighted by molar-refractivity contribution is 7.47. The predicted octanol–water partition coefficient (Wildman–Crippen LogP) is 16.8. The monoisotopic (exact) mass is 1050 g/mol. The van der Waals surface area contributed by atoms with Crippen LogP contribution in [0.5, 0.6) is 0 Å². The zero-order chi connectivity index (χ0) is 54.1. The average molecular weight is 1050 g/mol. The molecule has 0 fully saturated rings. The van der Waals surface area contributed by atoms with Gasteiger partial charge in [-0.2, -0.15) is 0 Å². The van der Waals surface area contributed by atoms with Crippen molar-refractivity contribution in [1.82, 2.24) is 0 Å². The molecule has 0 saturated heterocycles. The molecule has 3 unspecified atom stereocenters. The molecule has 0 heterocycles. The van der Waals surface area contributed by atoms with Crippen molar-refractivity contribution in [3.8, 4) is 0 Å². The van der Waals surface area contributed by atoms with Crippen LogP contribution in [-0.2, 0) is 42.2 Å². The van der Waals surface area contributed by atoms with Gasteiger partial charge in [0.25, 0.3) is 0 Å². The number of hydrogen-bond donors (Lipinski definition) is 2. The molecule has 0 saturated carbocycles. The van der Waals surface area contributed by atoms with Gasteiger partial charge < -0.3 is 24.2 Å². The normalized spacial score (nSPS) is 14.3. The van der Waals surface area contributed by atoms with Gasteiger partial charge in [-0.25, -0.2) is 4.57 Å². The molecule has 0 radical (unpaired) electrons. The van der Waals surface area contributed by atoms with E-state index in [0.29, 0.717) is 19.3 Å². The lowest BCUT2D eigenvalue weighted by Crippen LogP contribution is -2.30. The molecule has 0 bridgehead atoms. The fourth-order valence-corrected chi connectivity index (χ4v) is 7.91. The number of rotatable bonds is 51. The lowest BCUT2D eigenvalue weighted by atomic mass is 10.1. The van der Waals surface area contributed by atoms with Gasteiger partial charge in [0.05, 0.1) is 26.2 Å². The molecule has 420 valence electrons. The standard InChI is InChI=1S/C62H101O11P/c1-4-7-10-13-16-19-22-25-28-29-32-33-36-39-42-45-48-51-60(64)69-55-59(73-62(66)53-50-47-44-41-38-35-31-27-24-21-18-15-12-9-6-3)57-71-74(67,68)70-56-58(54-63)72-61(65)52-49-46-43-40-37-34-30-26-23-20-17-14-11-8-5-2/h7,9-10,12,16-21,25-28,30-31,38,41,47,50,58-59,63H,4-6,8,11,13-15,22-24,29,32-37,39-40,42-46,48-49,51-57H2,1-3H3,(H,67,68)/b10-7-,12-9-,19-16-,20-17-,21-18-,28-25-,30-26-,31-27-,41-38-,50-47-. The third-order valence-corrected chi connectivity index (χ3v) is 12.3. The van der Waals surface area contributed by atoms with E-state index in [1.54, 1.807) is 6.08 Å². The first-order valence-corrected chi connectivity index (χ1v) is 29.9. The van der Waals surface area contributed by atoms with Crippen molar-refractivity contribution in [3.05, 3.63) is 122 Å². The largest absolute Gasteiger partial charge is 0.472 e. The van der Waals surface area contributed by atoms with E-state index in [2.05, 4.69) is 118 Å². The van der Waals surface area contributed by atoms with Crippen LogP contribution in [0.1, 0.15) is 213 Å². The fraction of sp³-hybridized carbons (Fsp3) is 0.629. The maximum absolute atomic E-state index is 12.9. The van der Waals surface area contributed by atoms with Crippen LogP contribution in [-0.4, -0.2) is 66.5 Å². The Bertz CT molecular complexity index is 1700. The van der Waals surface area contributed by atoms with Crippen molar-refractivity contribution in [2.24, 2.45) is 0 Å². The van der Waals surface area contributed by atoms with Crippen LogP contribution in [0.15, 0.2) is 122 Å². The number of allylic oxidation sites excluding steroid dienone is 19. The number of carbonyl (C=O) groups excluding carboxylic acids is 3. The third kappa shape index (κ3) is 52.7. The molecular weight excluding hydrogens is 952 g/mol. The van der Waals surface area contributed by atoms with Gasteiger partial charge in [0.2, 0.25) is 0 Å². The Hall–Kier alpha value is -4.12. The van der Waals surface area contributed by atoms with Crippen LogP contribution in [0.3, 0.4) is 0 Å². The van der Waals surface area contributed by atoms with Crippen LogP contribution in [0.2, 0.25) is 0 Å². The molecule has 12 heteroatoms. The average Bonchev–Trinajstić information content (AvgIpc) is 3.39. The van der Waals surface area contributed by atoms with Crippen LogP contribution >= 0.6 is 7.82 Å². The number of aliphatic hydroxyl groups excluding tert-OH is 1. The molecule has 0 spiro atoms. The Labute approximate surface area is 449 Å². The van der Waals surface area contributed by atoms with Crippen LogP contribution in [0.4, 0.5) is 0 Å². The molecule has 0 aromatic rings. The van der Waals surface area contributed by atoms with E-state index in [1.807, 2.05) is 18.2 Å². The SMILES string of the molecule is CC/C=C\C/C=C\C/C=C\C/C=C\C/C=C\CC(=O)OC(COC(=O)CCCCCCCCC/C=C\C/C=C\C/C=C\CC)COP(=O)(O)OCC(CO)OC(=O)CCCCCCC/C=C\C/C=C\CCCCC. The molecule has 0 aromatic heterocycles. The van der Waals surface area contributed by atoms with Gasteiger partial charge in [0.15, 0.2) is 6.10 Å². The maximum Gasteiger partial charge on any atom is 0.472 e. The second kappa shape index (κ2) is 55.1. The lowest BCUT2D eigenvalue weighted by Gasteiger charge is -2.21. The van der Waals surface area contributed by atoms with E-state index in [1.165, 1.54) is 25.7 Å². The molecule has 2 N–H and O–H groups in total. The molecule has 0 aliphatic heterocycles. The summed E-state index contributed by atoms with van der Waals surface area (Å²) in [4.78, 5) is 48.5. The first-order valence-electron chi connectivity index (χ1n) is 28.4. The van der Waals surface area contributed by atoms with Crippen LogP contribution in [0.25, 0.3) is 0 Å². The Morgan fingerprint density at radius 1 is 0.405 bits per heavy atom. The third-order valence-electron chi connectivity index (χ3n) is 11.4. The van der Waals surface area contributed by atoms with Crippen LogP contribution in [0, 0.1) is 0 Å². The second-order valence-electron chi connectivity index (χ2n) is 18.3. The van der Waals surface area contributed by atoms with Gasteiger partial charge in [-0.1, -0.05) is 206 Å². The first-order chi connectivity index (χ1) is 36.2. The Morgan fingerprint density at radius 3 is 1.19 bits per heavy atom. The zero-order valence-corrected chi connectivity index (χ0v) is 47.2. The van der Waals surface area contributed by atoms with Crippen LogP contribution < -0.4 is 0 Å². The zero-order valence-electron chi connectivity index (χ0n) is 46.3. The molecular formula is C62H101O11P. The number of carbonyl (C=O) groups is 3. The van der Waals surface area contributed by atoms with E-state index in [9.17, 15) is 28.9 Å². The summed E-state index contributed by atoms with van der Waals surface area (Å²) in [5.41, 5.74) is 0. The molecule has 0 aliphatic carbocycles. The van der Waals surface area contributed by atoms with Crippen molar-refractivity contribution in [2.45, 2.75) is 226 Å². The van der Waals surface area contributed by atoms with Gasteiger partial charge in [-0.05, 0) is 109 Å². The van der Waals surface area contributed by atoms with E-state index >= 15 is 0 Å². The van der Waals surface area contributed by atoms with Gasteiger partial charge in [0.1, 0.15) is 12.7 Å². The summed E-state index contributed by atoms with van der Waals surface area (Å²) < 4.78 is 39.3. The number of aliphatic hydroxyl groups is 1. The summed E-state index contributed by atoms with van der Waals surface area (Å²) in [6.07, 6.45) is 67.6. The summed E-state index contributed by atoms with van der Waals surface area (Å²) in [5.74, 6) is -1.66. The van der Waals surface area contributed by atoms with E-state index in [-0.39, 0.29) is 25.9 Å². The minimum Gasteiger partial charge on any atom is -0.462 e. The summed E-state index contributed by atoms with van der Waals surface area (Å²) >= 11 is 0. The minimum atomic E-state index is -4.79. The van der Waals surface area contributed by atoms with Crippen molar-refractivity contribution in [2.75, 3.05) is 26.4 Å². The lowest BCUT2D eigenvalue weighted by molar-refractivity contribution is -0.160. The van der Waals surface area contributed by atoms with E-state index < -0.39 is 57.8 Å². The Morgan fingerprint density at radius 2 is 0.757 bits per heavy atom. The number of hydrogen-bond acceptors (Lipinski definition) is 10. The number of unbranched alkanes of at least 4 members (excludes halogenated alkanes) is 15. The van der Waals surface area contributed by atoms with Crippen molar-refractivity contribution < 1.29 is 52.2 Å². The number of ether oxygens (including phenoxy) is 3. The van der Waals surface area contributed by atoms with E-state index in [4.69, 9.17) is 23.3 Å². The molecule has 0 amide bonds. The topological polar surface area (TPSA) is 155 Å². The first kappa shape index (κ1) is 69.9. The summed E-state index contributed by atoms with van der Waals surface area (Å²) in [5, 5.41) is 9.81. The fourth-order valence-electron chi connectivity index (χ4n) is 7.12. The van der Waals surface area contributed by atoms with Gasteiger partial charge in [-0.15, -0.1) is 0 Å². The molecule has 11 nitrogen and oxygen atoms in total. The highest BCUT2D eigenvalue weighted by Gasteiger charge is 2.28. The number of esters is 3. The summed E-state index contributed by atoms with van der Waals surface area (Å²) in [6, 6.07) is 0.